The number of benzene rings is 1. The molecule has 1 rings (SSSR count). The van der Waals surface area contributed by atoms with Crippen LogP contribution < -0.4 is 9.50 Å². The molecule has 0 spiro atoms. The van der Waals surface area contributed by atoms with Crippen LogP contribution in [0.4, 0.5) is 4.79 Å². The number of carbonyl (C=O) groups is 2. The van der Waals surface area contributed by atoms with Crippen LogP contribution in [0.1, 0.15) is 26.3 Å². The van der Waals surface area contributed by atoms with Gasteiger partial charge in [-0.15, -0.1) is 0 Å². The highest BCUT2D eigenvalue weighted by Crippen LogP contribution is 2.15. The maximum absolute atomic E-state index is 11.7. The largest absolute Gasteiger partial charge is 0.480 e. The number of hydrogen-bond acceptors (Lipinski definition) is 6. The van der Waals surface area contributed by atoms with Crippen molar-refractivity contribution in [1.82, 2.24) is 5.32 Å². The maximum atomic E-state index is 11.7. The van der Waals surface area contributed by atoms with Crippen molar-refractivity contribution < 1.29 is 32.0 Å². The summed E-state index contributed by atoms with van der Waals surface area (Å²) in [6, 6.07) is 4.67. The molecular weight excluding hydrogens is 338 g/mol. The Morgan fingerprint density at radius 2 is 1.75 bits per heavy atom. The number of carboxylic acid groups (broad SMARTS) is 1. The molecule has 0 aliphatic carbocycles. The number of rotatable bonds is 6. The summed E-state index contributed by atoms with van der Waals surface area (Å²) in [5, 5.41) is 11.5. The predicted octanol–water partition coefficient (Wildman–Crippen LogP) is 1.55. The van der Waals surface area contributed by atoms with Gasteiger partial charge in [-0.2, -0.15) is 8.42 Å². The van der Waals surface area contributed by atoms with Gasteiger partial charge in [0.2, 0.25) is 0 Å². The Hall–Kier alpha value is -2.29. The second-order valence-electron chi connectivity index (χ2n) is 6.17. The minimum Gasteiger partial charge on any atom is -0.480 e. The van der Waals surface area contributed by atoms with Crippen LogP contribution in [0.3, 0.4) is 0 Å². The van der Waals surface area contributed by atoms with Gasteiger partial charge in [0.15, 0.2) is 0 Å². The quantitative estimate of drug-likeness (QED) is 0.739. The summed E-state index contributed by atoms with van der Waals surface area (Å²) in [6.07, 6.45) is 0.103. The van der Waals surface area contributed by atoms with Gasteiger partial charge in [-0.05, 0) is 38.5 Å². The van der Waals surface area contributed by atoms with Crippen molar-refractivity contribution in [3.8, 4) is 5.75 Å². The summed E-state index contributed by atoms with van der Waals surface area (Å²) in [4.78, 5) is 23.0. The lowest BCUT2D eigenvalue weighted by Gasteiger charge is -2.22. The van der Waals surface area contributed by atoms with E-state index in [1.54, 1.807) is 20.8 Å². The van der Waals surface area contributed by atoms with Gasteiger partial charge < -0.3 is 19.3 Å². The molecule has 0 radical (unpaired) electrons. The zero-order chi connectivity index (χ0) is 18.5. The molecule has 0 fully saturated rings. The molecule has 1 aromatic carbocycles. The highest BCUT2D eigenvalue weighted by atomic mass is 32.2. The van der Waals surface area contributed by atoms with Gasteiger partial charge in [0.25, 0.3) is 0 Å². The van der Waals surface area contributed by atoms with E-state index in [9.17, 15) is 23.1 Å². The van der Waals surface area contributed by atoms with Crippen LogP contribution in [0.5, 0.6) is 5.75 Å². The Bertz CT molecular complexity index is 690. The normalized spacial score (nSPS) is 13.0. The lowest BCUT2D eigenvalue weighted by Crippen LogP contribution is -2.44. The molecule has 0 aliphatic rings. The van der Waals surface area contributed by atoms with Gasteiger partial charge in [0, 0.05) is 6.42 Å². The van der Waals surface area contributed by atoms with E-state index in [0.29, 0.717) is 5.56 Å². The maximum Gasteiger partial charge on any atom is 0.408 e. The summed E-state index contributed by atoms with van der Waals surface area (Å²) in [6.45, 7) is 5.01. The third kappa shape index (κ3) is 7.82. The summed E-state index contributed by atoms with van der Waals surface area (Å²) in [5.41, 5.74) is -0.156. The fourth-order valence-corrected chi connectivity index (χ4v) is 2.20. The molecule has 0 heterocycles. The van der Waals surface area contributed by atoms with E-state index < -0.39 is 33.8 Å². The third-order valence-electron chi connectivity index (χ3n) is 2.60. The highest BCUT2D eigenvalue weighted by molar-refractivity contribution is 7.86. The molecule has 24 heavy (non-hydrogen) atoms. The van der Waals surface area contributed by atoms with Crippen molar-refractivity contribution in [1.29, 1.82) is 0 Å². The van der Waals surface area contributed by atoms with Gasteiger partial charge >= 0.3 is 22.2 Å². The summed E-state index contributed by atoms with van der Waals surface area (Å²) < 4.78 is 31.8. The molecule has 0 unspecified atom stereocenters. The van der Waals surface area contributed by atoms with Crippen LogP contribution in [-0.4, -0.2) is 43.5 Å². The Labute approximate surface area is 140 Å². The fraction of sp³-hybridized carbons (Fsp3) is 0.467. The van der Waals surface area contributed by atoms with E-state index in [2.05, 4.69) is 5.32 Å². The van der Waals surface area contributed by atoms with Crippen molar-refractivity contribution in [2.24, 2.45) is 0 Å². The molecule has 0 saturated carbocycles. The monoisotopic (exact) mass is 359 g/mol. The molecule has 8 nitrogen and oxygen atoms in total. The van der Waals surface area contributed by atoms with E-state index in [4.69, 9.17) is 8.92 Å². The van der Waals surface area contributed by atoms with Gasteiger partial charge in [-0.25, -0.2) is 9.59 Å². The van der Waals surface area contributed by atoms with Crippen molar-refractivity contribution >= 4 is 22.2 Å². The van der Waals surface area contributed by atoms with E-state index in [1.807, 2.05) is 0 Å². The Morgan fingerprint density at radius 3 is 2.17 bits per heavy atom. The minimum absolute atomic E-state index is 0.00767. The van der Waals surface area contributed by atoms with Crippen LogP contribution in [0.2, 0.25) is 0 Å². The zero-order valence-corrected chi connectivity index (χ0v) is 14.7. The van der Waals surface area contributed by atoms with Crippen molar-refractivity contribution in [2.45, 2.75) is 38.8 Å². The molecule has 0 saturated heterocycles. The molecule has 1 aromatic rings. The first-order chi connectivity index (χ1) is 10.9. The Kier molecular flexibility index (Phi) is 6.19. The number of carboxylic acids is 1. The predicted molar refractivity (Wildman–Crippen MR) is 86.4 cm³/mol. The average Bonchev–Trinajstić information content (AvgIpc) is 2.36. The first-order valence-electron chi connectivity index (χ1n) is 7.06. The SMILES string of the molecule is CC(C)(C)OC(=O)N[C@@H](Cc1ccc(OS(C)(=O)=O)cc1)C(=O)O. The molecule has 9 heteroatoms. The number of aliphatic carboxylic acids is 1. The van der Waals surface area contributed by atoms with Gasteiger partial charge in [0.1, 0.15) is 17.4 Å². The van der Waals surface area contributed by atoms with Gasteiger partial charge in [-0.3, -0.25) is 0 Å². The second kappa shape index (κ2) is 7.52. The third-order valence-corrected chi connectivity index (χ3v) is 3.10. The second-order valence-corrected chi connectivity index (χ2v) is 7.75. The highest BCUT2D eigenvalue weighted by Gasteiger charge is 2.24. The lowest BCUT2D eigenvalue weighted by molar-refractivity contribution is -0.139. The Morgan fingerprint density at radius 1 is 1.21 bits per heavy atom. The minimum atomic E-state index is -3.63. The first kappa shape index (κ1) is 19.8. The van der Waals surface area contributed by atoms with Crippen molar-refractivity contribution in [2.75, 3.05) is 6.26 Å². The Balaban J connectivity index is 2.75. The number of alkyl carbamates (subject to hydrolysis) is 1. The number of nitrogens with one attached hydrogen (secondary N) is 1. The molecular formula is C15H21NO7S. The standard InChI is InChI=1S/C15H21NO7S/c1-15(2,3)22-14(19)16-12(13(17)18)9-10-5-7-11(8-6-10)23-24(4,20)21/h5-8,12H,9H2,1-4H3,(H,16,19)(H,17,18)/t12-/m0/s1. The zero-order valence-electron chi connectivity index (χ0n) is 13.9. The smallest absolute Gasteiger partial charge is 0.408 e. The van der Waals surface area contributed by atoms with E-state index in [-0.39, 0.29) is 12.2 Å². The first-order valence-corrected chi connectivity index (χ1v) is 8.88. The summed E-state index contributed by atoms with van der Waals surface area (Å²) in [7, 11) is -3.63. The number of hydrogen-bond donors (Lipinski definition) is 2. The van der Waals surface area contributed by atoms with Crippen molar-refractivity contribution in [3.05, 3.63) is 29.8 Å². The molecule has 1 atom stereocenters. The van der Waals surface area contributed by atoms with Crippen LogP contribution >= 0.6 is 0 Å². The fourth-order valence-electron chi connectivity index (χ4n) is 1.74. The number of ether oxygens (including phenoxy) is 1. The molecule has 0 bridgehead atoms. The van der Waals surface area contributed by atoms with E-state index >= 15 is 0 Å². The topological polar surface area (TPSA) is 119 Å². The number of amides is 1. The van der Waals surface area contributed by atoms with Crippen molar-refractivity contribution in [3.63, 3.8) is 0 Å². The molecule has 0 aliphatic heterocycles. The van der Waals surface area contributed by atoms with E-state index in [0.717, 1.165) is 6.26 Å². The van der Waals surface area contributed by atoms with Crippen LogP contribution in [0, 0.1) is 0 Å². The van der Waals surface area contributed by atoms with E-state index in [1.165, 1.54) is 24.3 Å². The van der Waals surface area contributed by atoms with Crippen LogP contribution in [0.25, 0.3) is 0 Å². The molecule has 2 N–H and O–H groups in total. The van der Waals surface area contributed by atoms with Gasteiger partial charge in [-0.1, -0.05) is 12.1 Å². The molecule has 1 amide bonds. The lowest BCUT2D eigenvalue weighted by atomic mass is 10.1. The average molecular weight is 359 g/mol. The number of carbonyl (C=O) groups excluding carboxylic acids is 1. The molecule has 0 aromatic heterocycles. The van der Waals surface area contributed by atoms with Crippen LogP contribution in [-0.2, 0) is 26.1 Å². The summed E-state index contributed by atoms with van der Waals surface area (Å²) in [5.74, 6) is -1.09. The summed E-state index contributed by atoms with van der Waals surface area (Å²) >= 11 is 0. The molecule has 134 valence electrons. The van der Waals surface area contributed by atoms with Crippen LogP contribution in [0.15, 0.2) is 24.3 Å². The van der Waals surface area contributed by atoms with Gasteiger partial charge in [0.05, 0.1) is 6.26 Å².